The van der Waals surface area contributed by atoms with E-state index in [1.165, 1.54) is 18.4 Å². The molecule has 1 aliphatic rings. The van der Waals surface area contributed by atoms with Crippen LogP contribution < -0.4 is 11.3 Å². The third-order valence-corrected chi connectivity index (χ3v) is 3.31. The highest BCUT2D eigenvalue weighted by molar-refractivity contribution is 5.35. The van der Waals surface area contributed by atoms with Crippen LogP contribution in [0.3, 0.4) is 0 Å². The number of likely N-dealkylation sites (N-methyl/N-ethyl adjacent to an activating group) is 1. The molecule has 5 heteroatoms. The minimum Gasteiger partial charge on any atom is -0.377 e. The van der Waals surface area contributed by atoms with Gasteiger partial charge in [0.05, 0.1) is 6.10 Å². The van der Waals surface area contributed by atoms with Gasteiger partial charge in [-0.1, -0.05) is 6.92 Å². The lowest BCUT2D eigenvalue weighted by molar-refractivity contribution is 0.0725. The number of rotatable bonds is 6. The second-order valence-corrected chi connectivity index (χ2v) is 4.66. The summed E-state index contributed by atoms with van der Waals surface area (Å²) in [4.78, 5) is 6.51. The monoisotopic (exact) mass is 250 g/mol. The predicted octanol–water partition coefficient (Wildman–Crippen LogP) is 1.37. The van der Waals surface area contributed by atoms with Gasteiger partial charge >= 0.3 is 0 Å². The van der Waals surface area contributed by atoms with Crippen LogP contribution in [0, 0.1) is 0 Å². The Balaban J connectivity index is 1.91. The molecule has 18 heavy (non-hydrogen) atoms. The van der Waals surface area contributed by atoms with E-state index in [2.05, 4.69) is 22.2 Å². The van der Waals surface area contributed by atoms with Crippen molar-refractivity contribution in [2.45, 2.75) is 32.4 Å². The molecule has 2 rings (SSSR count). The van der Waals surface area contributed by atoms with Crippen molar-refractivity contribution >= 4 is 5.82 Å². The van der Waals surface area contributed by atoms with E-state index >= 15 is 0 Å². The molecule has 0 saturated carbocycles. The summed E-state index contributed by atoms with van der Waals surface area (Å²) in [6, 6.07) is 4.01. The molecule has 0 radical (unpaired) electrons. The molecule has 100 valence electrons. The number of ether oxygens (including phenoxy) is 1. The number of nitrogens with two attached hydrogens (primary N) is 1. The van der Waals surface area contributed by atoms with Gasteiger partial charge in [0, 0.05) is 25.9 Å². The van der Waals surface area contributed by atoms with Crippen molar-refractivity contribution in [3.05, 3.63) is 23.9 Å². The van der Waals surface area contributed by atoms with Crippen LogP contribution in [0.4, 0.5) is 5.82 Å². The number of hydrogen-bond acceptors (Lipinski definition) is 5. The molecule has 0 aromatic carbocycles. The third kappa shape index (κ3) is 3.66. The van der Waals surface area contributed by atoms with Crippen molar-refractivity contribution in [3.8, 4) is 0 Å². The first-order valence-electron chi connectivity index (χ1n) is 6.57. The lowest BCUT2D eigenvalue weighted by atomic mass is 10.2. The van der Waals surface area contributed by atoms with Gasteiger partial charge in [0.25, 0.3) is 0 Å². The molecule has 1 aliphatic heterocycles. The molecule has 3 N–H and O–H groups in total. The second-order valence-electron chi connectivity index (χ2n) is 4.66. The summed E-state index contributed by atoms with van der Waals surface area (Å²) in [5.41, 5.74) is 3.80. The fourth-order valence-corrected chi connectivity index (χ4v) is 2.29. The highest BCUT2D eigenvalue weighted by Gasteiger charge is 2.18. The van der Waals surface area contributed by atoms with Gasteiger partial charge in [0.15, 0.2) is 0 Å². The molecule has 1 saturated heterocycles. The number of anilines is 1. The molecule has 1 atom stereocenters. The van der Waals surface area contributed by atoms with Crippen LogP contribution >= 0.6 is 0 Å². The molecular formula is C13H22N4O. The standard InChI is InChI=1S/C13H22N4O/c1-2-17(10-12-4-3-7-18-12)9-11-5-6-15-13(8-11)16-14/h5-6,8,12H,2-4,7,9-10,14H2,1H3,(H,15,16). The number of nitrogens with one attached hydrogen (secondary N) is 1. The number of pyridine rings is 1. The Bertz CT molecular complexity index is 366. The molecule has 1 fully saturated rings. The first kappa shape index (κ1) is 13.3. The number of hydrazine groups is 1. The highest BCUT2D eigenvalue weighted by atomic mass is 16.5. The molecule has 1 unspecified atom stereocenters. The average molecular weight is 250 g/mol. The SMILES string of the molecule is CCN(Cc1ccnc(NN)c1)CC1CCCO1. The van der Waals surface area contributed by atoms with Crippen molar-refractivity contribution in [3.63, 3.8) is 0 Å². The van der Waals surface area contributed by atoms with Gasteiger partial charge in [0.2, 0.25) is 0 Å². The first-order chi connectivity index (χ1) is 8.81. The Labute approximate surface area is 108 Å². The zero-order valence-corrected chi connectivity index (χ0v) is 10.9. The van der Waals surface area contributed by atoms with E-state index in [0.29, 0.717) is 11.9 Å². The zero-order valence-electron chi connectivity index (χ0n) is 10.9. The van der Waals surface area contributed by atoms with Crippen molar-refractivity contribution in [1.82, 2.24) is 9.88 Å². The Morgan fingerprint density at radius 1 is 1.61 bits per heavy atom. The van der Waals surface area contributed by atoms with E-state index in [0.717, 1.165) is 26.2 Å². The fraction of sp³-hybridized carbons (Fsp3) is 0.615. The van der Waals surface area contributed by atoms with Crippen molar-refractivity contribution in [2.75, 3.05) is 25.1 Å². The molecule has 0 amide bonds. The predicted molar refractivity (Wildman–Crippen MR) is 72.0 cm³/mol. The first-order valence-corrected chi connectivity index (χ1v) is 6.57. The molecule has 0 bridgehead atoms. The average Bonchev–Trinajstić information content (AvgIpc) is 2.91. The summed E-state index contributed by atoms with van der Waals surface area (Å²) in [5.74, 6) is 6.08. The summed E-state index contributed by atoms with van der Waals surface area (Å²) in [7, 11) is 0. The van der Waals surface area contributed by atoms with Gasteiger partial charge in [-0.25, -0.2) is 10.8 Å². The van der Waals surface area contributed by atoms with Crippen molar-refractivity contribution < 1.29 is 4.74 Å². The van der Waals surface area contributed by atoms with Crippen LogP contribution in [0.5, 0.6) is 0 Å². The van der Waals surface area contributed by atoms with Gasteiger partial charge in [-0.15, -0.1) is 0 Å². The summed E-state index contributed by atoms with van der Waals surface area (Å²) in [6.07, 6.45) is 4.56. The molecule has 1 aromatic heterocycles. The Hall–Kier alpha value is -1.17. The van der Waals surface area contributed by atoms with Crippen LogP contribution in [0.1, 0.15) is 25.3 Å². The summed E-state index contributed by atoms with van der Waals surface area (Å²) in [6.45, 7) is 6.03. The van der Waals surface area contributed by atoms with Crippen molar-refractivity contribution in [1.29, 1.82) is 0 Å². The molecule has 1 aromatic rings. The van der Waals surface area contributed by atoms with Gasteiger partial charge in [-0.05, 0) is 37.1 Å². The second kappa shape index (κ2) is 6.68. The summed E-state index contributed by atoms with van der Waals surface area (Å²) in [5, 5.41) is 0. The van der Waals surface area contributed by atoms with Crippen LogP contribution in [0.15, 0.2) is 18.3 Å². The molecule has 2 heterocycles. The number of nitrogen functional groups attached to an aromatic ring is 1. The van der Waals surface area contributed by atoms with Crippen LogP contribution in [0.25, 0.3) is 0 Å². The van der Waals surface area contributed by atoms with Gasteiger partial charge in [-0.3, -0.25) is 4.90 Å². The van der Waals surface area contributed by atoms with E-state index in [9.17, 15) is 0 Å². The maximum Gasteiger partial charge on any atom is 0.140 e. The lowest BCUT2D eigenvalue weighted by Crippen LogP contribution is -2.31. The Kier molecular flexibility index (Phi) is 4.92. The lowest BCUT2D eigenvalue weighted by Gasteiger charge is -2.23. The van der Waals surface area contributed by atoms with Crippen LogP contribution in [-0.2, 0) is 11.3 Å². The Morgan fingerprint density at radius 3 is 3.17 bits per heavy atom. The topological polar surface area (TPSA) is 63.4 Å². The molecular weight excluding hydrogens is 228 g/mol. The van der Waals surface area contributed by atoms with E-state index in [1.807, 2.05) is 12.1 Å². The van der Waals surface area contributed by atoms with Gasteiger partial charge < -0.3 is 10.2 Å². The minimum absolute atomic E-state index is 0.402. The summed E-state index contributed by atoms with van der Waals surface area (Å²) < 4.78 is 5.68. The maximum atomic E-state index is 5.68. The largest absolute Gasteiger partial charge is 0.377 e. The molecule has 5 nitrogen and oxygen atoms in total. The summed E-state index contributed by atoms with van der Waals surface area (Å²) >= 11 is 0. The number of nitrogens with zero attached hydrogens (tertiary/aromatic N) is 2. The van der Waals surface area contributed by atoms with Gasteiger partial charge in [-0.2, -0.15) is 0 Å². The fourth-order valence-electron chi connectivity index (χ4n) is 2.29. The van der Waals surface area contributed by atoms with E-state index in [-0.39, 0.29) is 0 Å². The van der Waals surface area contributed by atoms with Gasteiger partial charge in [0.1, 0.15) is 5.82 Å². The smallest absolute Gasteiger partial charge is 0.140 e. The molecule has 0 spiro atoms. The normalized spacial score (nSPS) is 19.4. The van der Waals surface area contributed by atoms with Crippen LogP contribution in [-0.4, -0.2) is 35.7 Å². The Morgan fingerprint density at radius 2 is 2.50 bits per heavy atom. The minimum atomic E-state index is 0.402. The zero-order chi connectivity index (χ0) is 12.8. The molecule has 0 aliphatic carbocycles. The van der Waals surface area contributed by atoms with E-state index in [4.69, 9.17) is 10.6 Å². The van der Waals surface area contributed by atoms with Crippen molar-refractivity contribution in [2.24, 2.45) is 5.84 Å². The van der Waals surface area contributed by atoms with Crippen LogP contribution in [0.2, 0.25) is 0 Å². The third-order valence-electron chi connectivity index (χ3n) is 3.31. The van der Waals surface area contributed by atoms with E-state index in [1.54, 1.807) is 6.20 Å². The number of aromatic nitrogens is 1. The van der Waals surface area contributed by atoms with E-state index < -0.39 is 0 Å². The quantitative estimate of drug-likeness (QED) is 0.590. The maximum absolute atomic E-state index is 5.68. The number of hydrogen-bond donors (Lipinski definition) is 2. The highest BCUT2D eigenvalue weighted by Crippen LogP contribution is 2.15.